The molecule has 3 heterocycles. The number of rotatable bonds is 6. The molecule has 0 spiro atoms. The van der Waals surface area contributed by atoms with Crippen molar-refractivity contribution in [1.82, 2.24) is 10.1 Å². The maximum absolute atomic E-state index is 13.4. The molecule has 0 atom stereocenters. The Morgan fingerprint density at radius 3 is 2.84 bits per heavy atom. The molecule has 32 heavy (non-hydrogen) atoms. The molecule has 0 radical (unpaired) electrons. The molecule has 1 fully saturated rings. The van der Waals surface area contributed by atoms with Crippen LogP contribution in [-0.2, 0) is 11.2 Å². The third-order valence-corrected chi connectivity index (χ3v) is 6.30. The number of halogens is 2. The number of carbonyl (C=O) groups is 1. The molecule has 8 heteroatoms. The zero-order chi connectivity index (χ0) is 21.2. The largest absolute Gasteiger partial charge is 0.493 e. The number of aryl methyl sites for hydroxylation is 1. The van der Waals surface area contributed by atoms with Crippen molar-refractivity contribution in [2.45, 2.75) is 38.0 Å². The summed E-state index contributed by atoms with van der Waals surface area (Å²) in [4.78, 5) is 14.0. The molecule has 0 saturated carbocycles. The number of amides is 1. The summed E-state index contributed by atoms with van der Waals surface area (Å²) in [6.07, 6.45) is 4.32. The number of nitrogens with zero attached hydrogens (tertiary/aromatic N) is 2. The van der Waals surface area contributed by atoms with E-state index >= 15 is 0 Å². The van der Waals surface area contributed by atoms with Gasteiger partial charge in [-0.2, -0.15) is 0 Å². The minimum absolute atomic E-state index is 0. The first-order valence-electron chi connectivity index (χ1n) is 11.0. The number of nitrogens with one attached hydrogen (secondary N) is 1. The van der Waals surface area contributed by atoms with E-state index in [1.54, 1.807) is 6.07 Å². The van der Waals surface area contributed by atoms with Gasteiger partial charge in [-0.25, -0.2) is 4.39 Å². The van der Waals surface area contributed by atoms with Gasteiger partial charge in [0.05, 0.1) is 12.3 Å². The monoisotopic (exact) mass is 459 g/mol. The van der Waals surface area contributed by atoms with Gasteiger partial charge in [0.15, 0.2) is 5.58 Å². The normalized spacial score (nSPS) is 17.0. The first kappa shape index (κ1) is 22.6. The molecule has 1 amide bonds. The zero-order valence-electron chi connectivity index (χ0n) is 17.8. The van der Waals surface area contributed by atoms with Crippen LogP contribution in [0.2, 0.25) is 0 Å². The lowest BCUT2D eigenvalue weighted by Crippen LogP contribution is -2.34. The van der Waals surface area contributed by atoms with Crippen molar-refractivity contribution in [1.29, 1.82) is 0 Å². The minimum Gasteiger partial charge on any atom is -0.493 e. The average molecular weight is 460 g/mol. The van der Waals surface area contributed by atoms with E-state index in [9.17, 15) is 9.18 Å². The zero-order valence-corrected chi connectivity index (χ0v) is 18.6. The Kier molecular flexibility index (Phi) is 6.96. The fraction of sp³-hybridized carbons (Fsp3) is 0.417. The van der Waals surface area contributed by atoms with Gasteiger partial charge >= 0.3 is 0 Å². The number of carbonyl (C=O) groups excluding carboxylic acids is 1. The number of anilines is 1. The van der Waals surface area contributed by atoms with Crippen LogP contribution in [0, 0.1) is 5.82 Å². The number of aromatic nitrogens is 1. The Hall–Kier alpha value is -2.64. The smallest absolute Gasteiger partial charge is 0.224 e. The summed E-state index contributed by atoms with van der Waals surface area (Å²) in [5.74, 6) is 0.921. The van der Waals surface area contributed by atoms with Crippen molar-refractivity contribution >= 4 is 35.0 Å². The van der Waals surface area contributed by atoms with Crippen LogP contribution < -0.4 is 10.1 Å². The molecular formula is C24H27ClFN3O3. The lowest BCUT2D eigenvalue weighted by atomic mass is 9.91. The molecule has 0 aliphatic carbocycles. The quantitative estimate of drug-likeness (QED) is 0.530. The first-order valence-corrected chi connectivity index (χ1v) is 11.0. The van der Waals surface area contributed by atoms with Gasteiger partial charge in [-0.15, -0.1) is 12.4 Å². The predicted octanol–water partition coefficient (Wildman–Crippen LogP) is 4.92. The SMILES string of the molecule is Cl.O=C1CCc2ccc(OCCCN3CCC(c4noc5cc(F)ccc45)CC3)cc2N1. The Morgan fingerprint density at radius 1 is 1.16 bits per heavy atom. The van der Waals surface area contributed by atoms with Crippen molar-refractivity contribution in [3.8, 4) is 5.75 Å². The second-order valence-corrected chi connectivity index (χ2v) is 8.39. The summed E-state index contributed by atoms with van der Waals surface area (Å²) >= 11 is 0. The minimum atomic E-state index is -0.299. The molecule has 1 saturated heterocycles. The van der Waals surface area contributed by atoms with E-state index in [-0.39, 0.29) is 24.1 Å². The summed E-state index contributed by atoms with van der Waals surface area (Å²) in [6.45, 7) is 3.64. The molecule has 3 aromatic rings. The fourth-order valence-electron chi connectivity index (χ4n) is 4.57. The van der Waals surface area contributed by atoms with Gasteiger partial charge in [0.25, 0.3) is 0 Å². The van der Waals surface area contributed by atoms with E-state index in [1.165, 1.54) is 17.7 Å². The van der Waals surface area contributed by atoms with Gasteiger partial charge in [-0.1, -0.05) is 11.2 Å². The Balaban J connectivity index is 0.00000245. The second-order valence-electron chi connectivity index (χ2n) is 8.39. The summed E-state index contributed by atoms with van der Waals surface area (Å²) in [6, 6.07) is 10.6. The number of fused-ring (bicyclic) bond motifs is 2. The lowest BCUT2D eigenvalue weighted by molar-refractivity contribution is -0.116. The van der Waals surface area contributed by atoms with E-state index in [2.05, 4.69) is 15.4 Å². The van der Waals surface area contributed by atoms with Crippen molar-refractivity contribution in [3.63, 3.8) is 0 Å². The maximum Gasteiger partial charge on any atom is 0.224 e. The molecule has 2 aliphatic rings. The highest BCUT2D eigenvalue weighted by Crippen LogP contribution is 2.33. The van der Waals surface area contributed by atoms with Crippen LogP contribution in [0.15, 0.2) is 40.9 Å². The fourth-order valence-corrected chi connectivity index (χ4v) is 4.57. The third kappa shape index (κ3) is 4.89. The van der Waals surface area contributed by atoms with Gasteiger partial charge < -0.3 is 19.5 Å². The molecule has 2 aromatic carbocycles. The van der Waals surface area contributed by atoms with Crippen LogP contribution in [0.25, 0.3) is 11.0 Å². The third-order valence-electron chi connectivity index (χ3n) is 6.30. The van der Waals surface area contributed by atoms with Gasteiger partial charge in [-0.3, -0.25) is 4.79 Å². The van der Waals surface area contributed by atoms with Gasteiger partial charge in [0, 0.05) is 42.1 Å². The summed E-state index contributed by atoms with van der Waals surface area (Å²) in [5, 5.41) is 8.06. The summed E-state index contributed by atoms with van der Waals surface area (Å²) in [5.41, 5.74) is 3.52. The van der Waals surface area contributed by atoms with Gasteiger partial charge in [0.2, 0.25) is 5.91 Å². The van der Waals surface area contributed by atoms with Crippen LogP contribution in [0.3, 0.4) is 0 Å². The first-order chi connectivity index (χ1) is 15.2. The topological polar surface area (TPSA) is 67.6 Å². The highest BCUT2D eigenvalue weighted by molar-refractivity contribution is 5.94. The second kappa shape index (κ2) is 9.88. The Bertz CT molecular complexity index is 1100. The number of benzene rings is 2. The standard InChI is InChI=1S/C24H26FN3O3.ClH/c25-18-4-6-20-22(14-18)31-27-24(20)17-8-11-28(12-9-17)10-1-13-30-19-5-2-16-3-7-23(29)26-21(16)15-19;/h2,4-6,14-15,17H,1,3,7-13H2,(H,26,29);1H. The number of hydrogen-bond acceptors (Lipinski definition) is 5. The molecule has 5 rings (SSSR count). The van der Waals surface area contributed by atoms with Crippen LogP contribution in [0.4, 0.5) is 10.1 Å². The lowest BCUT2D eigenvalue weighted by Gasteiger charge is -2.31. The molecule has 170 valence electrons. The van der Waals surface area contributed by atoms with Gasteiger partial charge in [-0.05, 0) is 62.5 Å². The number of likely N-dealkylation sites (tertiary alicyclic amines) is 1. The highest BCUT2D eigenvalue weighted by Gasteiger charge is 2.25. The van der Waals surface area contributed by atoms with Crippen LogP contribution in [0.5, 0.6) is 5.75 Å². The number of hydrogen-bond donors (Lipinski definition) is 1. The van der Waals surface area contributed by atoms with Gasteiger partial charge in [0.1, 0.15) is 11.6 Å². The molecule has 0 unspecified atom stereocenters. The van der Waals surface area contributed by atoms with Crippen molar-refractivity contribution in [2.24, 2.45) is 0 Å². The number of ether oxygens (including phenoxy) is 1. The van der Waals surface area contributed by atoms with E-state index in [4.69, 9.17) is 9.26 Å². The van der Waals surface area contributed by atoms with Crippen molar-refractivity contribution in [3.05, 3.63) is 53.5 Å². The van der Waals surface area contributed by atoms with E-state index in [0.29, 0.717) is 24.5 Å². The Morgan fingerprint density at radius 2 is 2.00 bits per heavy atom. The van der Waals surface area contributed by atoms with Crippen molar-refractivity contribution in [2.75, 3.05) is 31.6 Å². The van der Waals surface area contributed by atoms with Crippen LogP contribution in [-0.4, -0.2) is 42.2 Å². The highest BCUT2D eigenvalue weighted by atomic mass is 35.5. The molecule has 1 N–H and O–H groups in total. The molecule has 0 bridgehead atoms. The molecule has 2 aliphatic heterocycles. The molecule has 6 nitrogen and oxygen atoms in total. The van der Waals surface area contributed by atoms with E-state index in [0.717, 1.165) is 67.8 Å². The van der Waals surface area contributed by atoms with Crippen molar-refractivity contribution < 1.29 is 18.4 Å². The van der Waals surface area contributed by atoms with E-state index in [1.807, 2.05) is 18.2 Å². The van der Waals surface area contributed by atoms with E-state index < -0.39 is 0 Å². The maximum atomic E-state index is 13.4. The summed E-state index contributed by atoms with van der Waals surface area (Å²) < 4.78 is 24.6. The van der Waals surface area contributed by atoms with Crippen LogP contribution >= 0.6 is 12.4 Å². The molecular weight excluding hydrogens is 433 g/mol. The molecule has 1 aromatic heterocycles. The summed E-state index contributed by atoms with van der Waals surface area (Å²) in [7, 11) is 0. The average Bonchev–Trinajstić information content (AvgIpc) is 3.20. The van der Waals surface area contributed by atoms with Crippen LogP contribution in [0.1, 0.15) is 42.9 Å². The number of piperidine rings is 1. The Labute approximate surface area is 192 Å². The predicted molar refractivity (Wildman–Crippen MR) is 123 cm³/mol.